The van der Waals surface area contributed by atoms with Crippen molar-refractivity contribution in [2.24, 2.45) is 0 Å². The van der Waals surface area contributed by atoms with Crippen molar-refractivity contribution in [3.8, 4) is 16.9 Å². The average molecular weight is 376 g/mol. The van der Waals surface area contributed by atoms with Crippen LogP contribution >= 0.6 is 0 Å². The van der Waals surface area contributed by atoms with Crippen LogP contribution in [0.2, 0.25) is 0 Å². The van der Waals surface area contributed by atoms with Gasteiger partial charge in [0.25, 0.3) is 0 Å². The first-order valence-corrected chi connectivity index (χ1v) is 6.94. The fraction of sp³-hybridized carbons (Fsp3) is 0.118. The number of alkyl halides is 6. The van der Waals surface area contributed by atoms with Crippen molar-refractivity contribution in [2.45, 2.75) is 12.5 Å². The van der Waals surface area contributed by atoms with Crippen LogP contribution in [0.15, 0.2) is 48.5 Å². The summed E-state index contributed by atoms with van der Waals surface area (Å²) in [5.41, 5.74) is -0.646. The quantitative estimate of drug-likeness (QED) is 0.577. The first-order chi connectivity index (χ1) is 12.0. The summed E-state index contributed by atoms with van der Waals surface area (Å²) in [7, 11) is 0. The largest absolute Gasteiger partial charge is 0.573 e. The number of hydrogen-bond acceptors (Lipinski definition) is 2. The van der Waals surface area contributed by atoms with Gasteiger partial charge in [0, 0.05) is 6.08 Å². The van der Waals surface area contributed by atoms with Gasteiger partial charge in [0.15, 0.2) is 0 Å². The third kappa shape index (κ3) is 5.27. The molecule has 2 rings (SSSR count). The Balaban J connectivity index is 2.49. The molecule has 0 bridgehead atoms. The lowest BCUT2D eigenvalue weighted by atomic mass is 9.96. The average Bonchev–Trinajstić information content (AvgIpc) is 2.51. The van der Waals surface area contributed by atoms with Crippen molar-refractivity contribution in [3.05, 3.63) is 59.7 Å². The molecule has 0 aliphatic rings. The Morgan fingerprint density at radius 3 is 2.08 bits per heavy atom. The highest BCUT2D eigenvalue weighted by Crippen LogP contribution is 2.35. The van der Waals surface area contributed by atoms with Gasteiger partial charge in [-0.1, -0.05) is 18.2 Å². The van der Waals surface area contributed by atoms with Crippen LogP contribution in [0.3, 0.4) is 0 Å². The summed E-state index contributed by atoms with van der Waals surface area (Å²) < 4.78 is 79.0. The highest BCUT2D eigenvalue weighted by atomic mass is 19.4. The van der Waals surface area contributed by atoms with E-state index in [4.69, 9.17) is 5.11 Å². The zero-order valence-electron chi connectivity index (χ0n) is 12.7. The summed E-state index contributed by atoms with van der Waals surface area (Å²) in [6.07, 6.45) is -7.69. The molecule has 0 amide bonds. The van der Waals surface area contributed by atoms with Crippen LogP contribution in [-0.2, 0) is 11.0 Å². The Labute approximate surface area is 143 Å². The van der Waals surface area contributed by atoms with E-state index >= 15 is 0 Å². The molecule has 26 heavy (non-hydrogen) atoms. The molecule has 2 aromatic carbocycles. The molecule has 0 unspecified atom stereocenters. The summed E-state index contributed by atoms with van der Waals surface area (Å²) in [6, 6.07) is 6.86. The number of hydrogen-bond donors (Lipinski definition) is 1. The van der Waals surface area contributed by atoms with Gasteiger partial charge in [0.05, 0.1) is 5.56 Å². The van der Waals surface area contributed by atoms with Gasteiger partial charge >= 0.3 is 18.5 Å². The van der Waals surface area contributed by atoms with E-state index in [-0.39, 0.29) is 16.7 Å². The SMILES string of the molecule is O=C(O)/C=C/c1ccc(C(F)(F)F)cc1-c1ccc(OC(F)(F)F)cc1. The monoisotopic (exact) mass is 376 g/mol. The molecule has 9 heteroatoms. The van der Waals surface area contributed by atoms with E-state index in [1.807, 2.05) is 0 Å². The molecule has 1 N–H and O–H groups in total. The lowest BCUT2D eigenvalue weighted by Crippen LogP contribution is -2.16. The molecule has 0 atom stereocenters. The fourth-order valence-corrected chi connectivity index (χ4v) is 2.13. The zero-order chi connectivity index (χ0) is 19.5. The number of carboxylic acid groups (broad SMARTS) is 1. The summed E-state index contributed by atoms with van der Waals surface area (Å²) in [4.78, 5) is 10.6. The Morgan fingerprint density at radius 2 is 1.58 bits per heavy atom. The van der Waals surface area contributed by atoms with Gasteiger partial charge < -0.3 is 9.84 Å². The van der Waals surface area contributed by atoms with Crippen molar-refractivity contribution in [2.75, 3.05) is 0 Å². The number of halogens is 6. The van der Waals surface area contributed by atoms with E-state index in [0.29, 0.717) is 0 Å². The lowest BCUT2D eigenvalue weighted by Gasteiger charge is -2.13. The van der Waals surface area contributed by atoms with E-state index < -0.39 is 29.8 Å². The van der Waals surface area contributed by atoms with Crippen molar-refractivity contribution in [1.82, 2.24) is 0 Å². The van der Waals surface area contributed by atoms with Crippen LogP contribution < -0.4 is 4.74 Å². The minimum Gasteiger partial charge on any atom is -0.478 e. The molecule has 0 spiro atoms. The van der Waals surface area contributed by atoms with Crippen molar-refractivity contribution in [1.29, 1.82) is 0 Å². The Hall–Kier alpha value is -2.97. The molecule has 0 heterocycles. The molecule has 0 saturated heterocycles. The number of ether oxygens (including phenoxy) is 1. The molecule has 0 radical (unpaired) electrons. The molecule has 3 nitrogen and oxygen atoms in total. The second-order valence-electron chi connectivity index (χ2n) is 5.04. The molecular weight excluding hydrogens is 366 g/mol. The molecule has 138 valence electrons. The first kappa shape index (κ1) is 19.4. The Morgan fingerprint density at radius 1 is 0.962 bits per heavy atom. The summed E-state index contributed by atoms with van der Waals surface area (Å²) in [5, 5.41) is 8.67. The molecule has 2 aromatic rings. The minimum absolute atomic E-state index is 0.0101. The highest BCUT2D eigenvalue weighted by molar-refractivity contribution is 5.88. The van der Waals surface area contributed by atoms with Crippen LogP contribution in [-0.4, -0.2) is 17.4 Å². The number of aliphatic carboxylic acids is 1. The van der Waals surface area contributed by atoms with Gasteiger partial charge in [-0.2, -0.15) is 13.2 Å². The number of carboxylic acids is 1. The summed E-state index contributed by atoms with van der Waals surface area (Å²) in [5.74, 6) is -1.83. The Bertz CT molecular complexity index is 820. The van der Waals surface area contributed by atoms with E-state index in [0.717, 1.165) is 54.6 Å². The van der Waals surface area contributed by atoms with Gasteiger partial charge in [0.2, 0.25) is 0 Å². The zero-order valence-corrected chi connectivity index (χ0v) is 12.7. The topological polar surface area (TPSA) is 46.5 Å². The normalized spacial score (nSPS) is 12.4. The molecule has 0 aliphatic carbocycles. The first-order valence-electron chi connectivity index (χ1n) is 6.94. The molecule has 0 fully saturated rings. The maximum absolute atomic E-state index is 12.9. The van der Waals surface area contributed by atoms with Crippen LogP contribution in [0.5, 0.6) is 5.75 Å². The van der Waals surface area contributed by atoms with Gasteiger partial charge in [-0.15, -0.1) is 13.2 Å². The van der Waals surface area contributed by atoms with Crippen molar-refractivity contribution >= 4 is 12.0 Å². The second-order valence-corrected chi connectivity index (χ2v) is 5.04. The number of carbonyl (C=O) groups is 1. The van der Waals surface area contributed by atoms with E-state index in [9.17, 15) is 31.1 Å². The second kappa shape index (κ2) is 7.11. The van der Waals surface area contributed by atoms with Crippen LogP contribution in [0, 0.1) is 0 Å². The third-order valence-corrected chi connectivity index (χ3v) is 3.18. The summed E-state index contributed by atoms with van der Waals surface area (Å²) in [6.45, 7) is 0. The predicted molar refractivity (Wildman–Crippen MR) is 80.2 cm³/mol. The van der Waals surface area contributed by atoms with Gasteiger partial charge in [0.1, 0.15) is 5.75 Å². The fourth-order valence-electron chi connectivity index (χ4n) is 2.13. The number of benzene rings is 2. The standard InChI is InChI=1S/C17H10F6O3/c18-16(19,20)12-5-1-10(4-8-15(24)25)14(9-12)11-2-6-13(7-3-11)26-17(21,22)23/h1-9H,(H,24,25)/b8-4+. The minimum atomic E-state index is -4.90. The smallest absolute Gasteiger partial charge is 0.478 e. The van der Waals surface area contributed by atoms with E-state index in [1.54, 1.807) is 0 Å². The predicted octanol–water partition coefficient (Wildman–Crippen LogP) is 5.37. The molecule has 0 saturated carbocycles. The van der Waals surface area contributed by atoms with Crippen LogP contribution in [0.25, 0.3) is 17.2 Å². The van der Waals surface area contributed by atoms with Crippen molar-refractivity contribution < 1.29 is 41.0 Å². The van der Waals surface area contributed by atoms with Crippen LogP contribution in [0.4, 0.5) is 26.3 Å². The van der Waals surface area contributed by atoms with Crippen LogP contribution in [0.1, 0.15) is 11.1 Å². The molecule has 0 aliphatic heterocycles. The highest BCUT2D eigenvalue weighted by Gasteiger charge is 2.32. The lowest BCUT2D eigenvalue weighted by molar-refractivity contribution is -0.274. The number of rotatable bonds is 4. The van der Waals surface area contributed by atoms with E-state index in [1.165, 1.54) is 0 Å². The summed E-state index contributed by atoms with van der Waals surface area (Å²) >= 11 is 0. The van der Waals surface area contributed by atoms with Gasteiger partial charge in [-0.05, 0) is 47.0 Å². The van der Waals surface area contributed by atoms with Gasteiger partial charge in [-0.25, -0.2) is 4.79 Å². The maximum atomic E-state index is 12.9. The maximum Gasteiger partial charge on any atom is 0.573 e. The van der Waals surface area contributed by atoms with E-state index in [2.05, 4.69) is 4.74 Å². The molecular formula is C17H10F6O3. The third-order valence-electron chi connectivity index (χ3n) is 3.18. The van der Waals surface area contributed by atoms with Gasteiger partial charge in [-0.3, -0.25) is 0 Å². The molecule has 0 aromatic heterocycles. The Kier molecular flexibility index (Phi) is 5.29. The van der Waals surface area contributed by atoms with Crippen molar-refractivity contribution in [3.63, 3.8) is 0 Å².